The fourth-order valence-electron chi connectivity index (χ4n) is 3.34. The molecule has 0 spiro atoms. The molecule has 0 unspecified atom stereocenters. The van der Waals surface area contributed by atoms with Crippen molar-refractivity contribution in [3.8, 4) is 5.75 Å². The van der Waals surface area contributed by atoms with Gasteiger partial charge in [0.25, 0.3) is 5.91 Å². The Morgan fingerprint density at radius 3 is 2.72 bits per heavy atom. The van der Waals surface area contributed by atoms with Gasteiger partial charge in [-0.2, -0.15) is 0 Å². The summed E-state index contributed by atoms with van der Waals surface area (Å²) in [4.78, 5) is 39.9. The van der Waals surface area contributed by atoms with E-state index in [1.54, 1.807) is 52.8 Å². The molecule has 1 aromatic heterocycles. The second kappa shape index (κ2) is 7.98. The van der Waals surface area contributed by atoms with Gasteiger partial charge < -0.3 is 25.1 Å². The number of aryl methyl sites for hydroxylation is 1. The van der Waals surface area contributed by atoms with Crippen LogP contribution in [0, 0.1) is 13.8 Å². The van der Waals surface area contributed by atoms with Gasteiger partial charge in [0.1, 0.15) is 5.75 Å². The summed E-state index contributed by atoms with van der Waals surface area (Å²) < 4.78 is 10.6. The molecule has 1 aromatic carbocycles. The number of aromatic amines is 1. The number of aromatic nitrogens is 1. The Hall–Kier alpha value is -3.29. The highest BCUT2D eigenvalue weighted by atomic mass is 16.5. The third-order valence-corrected chi connectivity index (χ3v) is 4.85. The summed E-state index contributed by atoms with van der Waals surface area (Å²) in [6.07, 6.45) is -0.547. The molecular formula is C21H25N3O5. The van der Waals surface area contributed by atoms with E-state index in [1.165, 1.54) is 0 Å². The van der Waals surface area contributed by atoms with Crippen LogP contribution in [0.25, 0.3) is 0 Å². The normalized spacial score (nSPS) is 16.3. The number of ketones is 1. The highest BCUT2D eigenvalue weighted by Gasteiger charge is 2.27. The van der Waals surface area contributed by atoms with E-state index < -0.39 is 18.1 Å². The maximum absolute atomic E-state index is 13.0. The smallest absolute Gasteiger partial charge is 0.340 e. The van der Waals surface area contributed by atoms with Crippen LogP contribution in [0.2, 0.25) is 0 Å². The summed E-state index contributed by atoms with van der Waals surface area (Å²) >= 11 is 0. The van der Waals surface area contributed by atoms with Crippen molar-refractivity contribution in [2.75, 3.05) is 17.2 Å². The van der Waals surface area contributed by atoms with Gasteiger partial charge in [-0.1, -0.05) is 0 Å². The Morgan fingerprint density at radius 1 is 1.31 bits per heavy atom. The monoisotopic (exact) mass is 399 g/mol. The third-order valence-electron chi connectivity index (χ3n) is 4.85. The van der Waals surface area contributed by atoms with E-state index in [4.69, 9.17) is 9.47 Å². The van der Waals surface area contributed by atoms with Crippen molar-refractivity contribution in [2.24, 2.45) is 0 Å². The average Bonchev–Trinajstić information content (AvgIpc) is 2.96. The number of H-pyrrole nitrogens is 1. The summed E-state index contributed by atoms with van der Waals surface area (Å²) in [6, 6.07) is 4.68. The molecule has 1 aliphatic heterocycles. The zero-order valence-corrected chi connectivity index (χ0v) is 17.1. The van der Waals surface area contributed by atoms with E-state index in [9.17, 15) is 14.4 Å². The first-order valence-corrected chi connectivity index (χ1v) is 9.51. The molecule has 0 saturated carbocycles. The van der Waals surface area contributed by atoms with Gasteiger partial charge in [-0.15, -0.1) is 0 Å². The van der Waals surface area contributed by atoms with Crippen LogP contribution in [0.3, 0.4) is 0 Å². The van der Waals surface area contributed by atoms with Crippen LogP contribution in [-0.2, 0) is 9.53 Å². The number of Topliss-reactive ketones (excluding diaryl/α,β-unsaturated/α-hetero) is 1. The van der Waals surface area contributed by atoms with Gasteiger partial charge in [0, 0.05) is 11.4 Å². The standard InChI is InChI=1S/C21H25N3O5/c1-6-28-21(27)17-10(2)18(23-11(17)3)19(25)12(4)22-14-7-8-16-15(9-14)24-20(26)13(5)29-16/h7-9,12-13,22-23H,6H2,1-5H3,(H,24,26)/t12-,13+/m1/s1. The number of amides is 1. The van der Waals surface area contributed by atoms with Crippen LogP contribution in [-0.4, -0.2) is 41.4 Å². The molecule has 29 heavy (non-hydrogen) atoms. The molecule has 3 N–H and O–H groups in total. The highest BCUT2D eigenvalue weighted by Crippen LogP contribution is 2.32. The predicted molar refractivity (Wildman–Crippen MR) is 109 cm³/mol. The summed E-state index contributed by atoms with van der Waals surface area (Å²) in [5, 5.41) is 5.92. The molecule has 2 atom stereocenters. The van der Waals surface area contributed by atoms with Crippen molar-refractivity contribution in [3.05, 3.63) is 40.7 Å². The fourth-order valence-corrected chi connectivity index (χ4v) is 3.34. The Bertz CT molecular complexity index is 979. The van der Waals surface area contributed by atoms with E-state index in [-0.39, 0.29) is 18.3 Å². The van der Waals surface area contributed by atoms with E-state index in [0.29, 0.717) is 39.6 Å². The quantitative estimate of drug-likeness (QED) is 0.508. The molecule has 8 nitrogen and oxygen atoms in total. The average molecular weight is 399 g/mol. The van der Waals surface area contributed by atoms with Gasteiger partial charge in [0.2, 0.25) is 5.78 Å². The molecule has 0 bridgehead atoms. The number of carbonyl (C=O) groups excluding carboxylic acids is 3. The lowest BCUT2D eigenvalue weighted by Gasteiger charge is -2.24. The van der Waals surface area contributed by atoms with Crippen molar-refractivity contribution in [2.45, 2.75) is 46.8 Å². The second-order valence-corrected chi connectivity index (χ2v) is 7.04. The number of hydrogen-bond donors (Lipinski definition) is 3. The number of ether oxygens (including phenoxy) is 2. The largest absolute Gasteiger partial charge is 0.479 e. The molecule has 3 rings (SSSR count). The minimum absolute atomic E-state index is 0.187. The second-order valence-electron chi connectivity index (χ2n) is 7.04. The Balaban J connectivity index is 1.78. The van der Waals surface area contributed by atoms with Crippen molar-refractivity contribution in [1.82, 2.24) is 4.98 Å². The number of carbonyl (C=O) groups is 3. The number of esters is 1. The third kappa shape index (κ3) is 3.96. The number of hydrogen-bond acceptors (Lipinski definition) is 6. The summed E-state index contributed by atoms with van der Waals surface area (Å²) in [5.74, 6) is -0.273. The van der Waals surface area contributed by atoms with Crippen molar-refractivity contribution in [1.29, 1.82) is 0 Å². The molecule has 8 heteroatoms. The number of nitrogens with one attached hydrogen (secondary N) is 3. The van der Waals surface area contributed by atoms with E-state index in [0.717, 1.165) is 0 Å². The number of fused-ring (bicyclic) bond motifs is 1. The fraction of sp³-hybridized carbons (Fsp3) is 0.381. The van der Waals surface area contributed by atoms with E-state index in [1.807, 2.05) is 0 Å². The zero-order valence-electron chi connectivity index (χ0n) is 17.1. The minimum Gasteiger partial charge on any atom is -0.479 e. The molecular weight excluding hydrogens is 374 g/mol. The van der Waals surface area contributed by atoms with Gasteiger partial charge in [0.15, 0.2) is 6.10 Å². The van der Waals surface area contributed by atoms with Crippen LogP contribution in [0.5, 0.6) is 5.75 Å². The lowest BCUT2D eigenvalue weighted by atomic mass is 10.0. The molecule has 1 aliphatic rings. The van der Waals surface area contributed by atoms with Crippen LogP contribution in [0.15, 0.2) is 18.2 Å². The molecule has 0 radical (unpaired) electrons. The lowest BCUT2D eigenvalue weighted by Crippen LogP contribution is -2.34. The number of anilines is 2. The molecule has 0 fully saturated rings. The maximum Gasteiger partial charge on any atom is 0.340 e. The molecule has 2 heterocycles. The Kier molecular flexibility index (Phi) is 5.63. The van der Waals surface area contributed by atoms with Crippen molar-refractivity contribution < 1.29 is 23.9 Å². The molecule has 2 aromatic rings. The molecule has 1 amide bonds. The highest BCUT2D eigenvalue weighted by molar-refractivity contribution is 6.05. The van der Waals surface area contributed by atoms with Crippen LogP contribution >= 0.6 is 0 Å². The van der Waals surface area contributed by atoms with Crippen molar-refractivity contribution >= 4 is 29.0 Å². The number of benzene rings is 1. The Morgan fingerprint density at radius 2 is 2.03 bits per heavy atom. The first-order valence-electron chi connectivity index (χ1n) is 9.51. The van der Waals surface area contributed by atoms with Crippen LogP contribution in [0.4, 0.5) is 11.4 Å². The molecule has 154 valence electrons. The van der Waals surface area contributed by atoms with Gasteiger partial charge in [0.05, 0.1) is 29.6 Å². The first-order chi connectivity index (χ1) is 13.7. The van der Waals surface area contributed by atoms with E-state index >= 15 is 0 Å². The topological polar surface area (TPSA) is 110 Å². The predicted octanol–water partition coefficient (Wildman–Crippen LogP) is 3.21. The minimum atomic E-state index is -0.570. The number of rotatable bonds is 6. The Labute approximate surface area is 169 Å². The SMILES string of the molecule is CCOC(=O)c1c(C)[nH]c(C(=O)[C@@H](C)Nc2ccc3c(c2)NC(=O)[C@H](C)O3)c1C. The van der Waals surface area contributed by atoms with Gasteiger partial charge in [-0.3, -0.25) is 9.59 Å². The molecule has 0 saturated heterocycles. The molecule has 0 aliphatic carbocycles. The van der Waals surface area contributed by atoms with E-state index in [2.05, 4.69) is 15.6 Å². The maximum atomic E-state index is 13.0. The van der Waals surface area contributed by atoms with Crippen LogP contribution < -0.4 is 15.4 Å². The summed E-state index contributed by atoms with van der Waals surface area (Å²) in [6.45, 7) is 8.88. The van der Waals surface area contributed by atoms with Gasteiger partial charge >= 0.3 is 5.97 Å². The van der Waals surface area contributed by atoms with Crippen molar-refractivity contribution in [3.63, 3.8) is 0 Å². The summed E-state index contributed by atoms with van der Waals surface area (Å²) in [5.41, 5.74) is 3.14. The lowest BCUT2D eigenvalue weighted by molar-refractivity contribution is -0.122. The van der Waals surface area contributed by atoms with Gasteiger partial charge in [-0.25, -0.2) is 4.79 Å². The zero-order chi connectivity index (χ0) is 21.3. The first kappa shape index (κ1) is 20.4. The van der Waals surface area contributed by atoms with Crippen LogP contribution in [0.1, 0.15) is 52.9 Å². The summed E-state index contributed by atoms with van der Waals surface area (Å²) in [7, 11) is 0. The van der Waals surface area contributed by atoms with Gasteiger partial charge in [-0.05, 0) is 58.4 Å².